The lowest BCUT2D eigenvalue weighted by Gasteiger charge is -2.34. The number of terminal acetylenes is 1. The lowest BCUT2D eigenvalue weighted by molar-refractivity contribution is -0.126. The van der Waals surface area contributed by atoms with E-state index in [4.69, 9.17) is 6.42 Å². The number of rotatable bonds is 8. The third-order valence-electron chi connectivity index (χ3n) is 5.78. The van der Waals surface area contributed by atoms with Crippen molar-refractivity contribution in [3.63, 3.8) is 0 Å². The molecule has 2 fully saturated rings. The second-order valence-corrected chi connectivity index (χ2v) is 8.01. The van der Waals surface area contributed by atoms with Gasteiger partial charge in [0, 0.05) is 44.5 Å². The molecule has 4 rings (SSSR count). The molecule has 152 valence electrons. The molecule has 1 saturated carbocycles. The van der Waals surface area contributed by atoms with Gasteiger partial charge in [0.1, 0.15) is 17.6 Å². The van der Waals surface area contributed by atoms with Gasteiger partial charge in [-0.05, 0) is 38.2 Å². The summed E-state index contributed by atoms with van der Waals surface area (Å²) in [6, 6.07) is 1.17. The molecule has 1 N–H and O–H groups in total. The van der Waals surface area contributed by atoms with Gasteiger partial charge in [-0.3, -0.25) is 9.59 Å². The molecule has 1 atom stereocenters. The molecule has 2 amide bonds. The van der Waals surface area contributed by atoms with E-state index in [1.165, 1.54) is 0 Å². The number of amides is 2. The normalized spacial score (nSPS) is 22.0. The molecular formula is C21H26N6O2. The van der Waals surface area contributed by atoms with Crippen LogP contribution in [0.4, 0.5) is 0 Å². The van der Waals surface area contributed by atoms with Gasteiger partial charge in [-0.15, -0.1) is 12.3 Å². The zero-order valence-corrected chi connectivity index (χ0v) is 16.5. The molecule has 1 aliphatic carbocycles. The minimum absolute atomic E-state index is 0.123. The molecule has 29 heavy (non-hydrogen) atoms. The molecule has 0 spiro atoms. The lowest BCUT2D eigenvalue weighted by atomic mass is 10.00. The van der Waals surface area contributed by atoms with Gasteiger partial charge in [-0.25, -0.2) is 9.97 Å². The molecule has 8 heteroatoms. The Bertz CT molecular complexity index is 851. The quantitative estimate of drug-likeness (QED) is 0.685. The lowest BCUT2D eigenvalue weighted by Crippen LogP contribution is -2.52. The molecular weight excluding hydrogens is 368 g/mol. The Balaban J connectivity index is 1.35. The van der Waals surface area contributed by atoms with E-state index >= 15 is 0 Å². The highest BCUT2D eigenvalue weighted by molar-refractivity contribution is 5.96. The van der Waals surface area contributed by atoms with Gasteiger partial charge >= 0.3 is 0 Å². The van der Waals surface area contributed by atoms with Gasteiger partial charge in [-0.2, -0.15) is 10.2 Å². The third kappa shape index (κ3) is 4.61. The minimum Gasteiger partial charge on any atom is -0.354 e. The van der Waals surface area contributed by atoms with Gasteiger partial charge in [0.2, 0.25) is 5.91 Å². The maximum Gasteiger partial charge on any atom is 0.273 e. The maximum atomic E-state index is 13.1. The Labute approximate surface area is 170 Å². The number of nitrogens with one attached hydrogen (secondary N) is 1. The molecule has 3 aliphatic rings. The first-order chi connectivity index (χ1) is 14.1. The first-order valence-corrected chi connectivity index (χ1v) is 10.4. The fourth-order valence-corrected chi connectivity index (χ4v) is 3.80. The summed E-state index contributed by atoms with van der Waals surface area (Å²) in [5.41, 5.74) is -0.0348. The van der Waals surface area contributed by atoms with E-state index in [1.807, 2.05) is 0 Å². The number of likely N-dealkylation sites (tertiary alicyclic amines) is 1. The van der Waals surface area contributed by atoms with Gasteiger partial charge < -0.3 is 10.2 Å². The highest BCUT2D eigenvalue weighted by Gasteiger charge is 2.39. The SMILES string of the molecule is C#CCCC1(CCNC(=O)C2CCCCN2C(=O)c2ccnc(C3CC3)n2)N=N1. The fourth-order valence-electron chi connectivity index (χ4n) is 3.80. The van der Waals surface area contributed by atoms with E-state index in [2.05, 4.69) is 31.4 Å². The highest BCUT2D eigenvalue weighted by Crippen LogP contribution is 2.38. The summed E-state index contributed by atoms with van der Waals surface area (Å²) in [6.07, 6.45) is 13.6. The molecule has 1 aromatic rings. The standard InChI is InChI=1S/C21H26N6O2/c1-2-3-10-21(25-26-21)11-13-23-19(28)17-6-4-5-14-27(17)20(29)16-9-12-22-18(24-16)15-7-8-15/h1,9,12,15,17H,3-8,10-11,13-14H2,(H,23,28). The number of carbonyl (C=O) groups excluding carboxylic acids is 2. The molecule has 1 aromatic heterocycles. The average Bonchev–Trinajstić information content (AvgIpc) is 3.67. The summed E-state index contributed by atoms with van der Waals surface area (Å²) in [5, 5.41) is 11.1. The van der Waals surface area contributed by atoms with Crippen molar-refractivity contribution in [3.05, 3.63) is 23.8 Å². The van der Waals surface area contributed by atoms with Crippen LogP contribution in [0.2, 0.25) is 0 Å². The van der Waals surface area contributed by atoms with Crippen LogP contribution in [0.25, 0.3) is 0 Å². The average molecular weight is 394 g/mol. The van der Waals surface area contributed by atoms with E-state index < -0.39 is 11.7 Å². The number of piperidine rings is 1. The van der Waals surface area contributed by atoms with E-state index in [9.17, 15) is 9.59 Å². The van der Waals surface area contributed by atoms with Crippen LogP contribution in [-0.2, 0) is 4.79 Å². The Morgan fingerprint density at radius 3 is 2.79 bits per heavy atom. The van der Waals surface area contributed by atoms with E-state index in [0.717, 1.165) is 31.5 Å². The molecule has 0 aromatic carbocycles. The van der Waals surface area contributed by atoms with Crippen LogP contribution >= 0.6 is 0 Å². The van der Waals surface area contributed by atoms with Crippen molar-refractivity contribution in [1.29, 1.82) is 0 Å². The Kier molecular flexibility index (Phi) is 5.56. The smallest absolute Gasteiger partial charge is 0.273 e. The van der Waals surface area contributed by atoms with Gasteiger partial charge in [0.25, 0.3) is 5.91 Å². The van der Waals surface area contributed by atoms with Crippen LogP contribution in [-0.4, -0.2) is 51.5 Å². The van der Waals surface area contributed by atoms with Crippen LogP contribution in [0, 0.1) is 12.3 Å². The number of hydrogen-bond donors (Lipinski definition) is 1. The van der Waals surface area contributed by atoms with Crippen LogP contribution < -0.4 is 5.32 Å². The van der Waals surface area contributed by atoms with Crippen molar-refractivity contribution in [2.24, 2.45) is 10.2 Å². The summed E-state index contributed by atoms with van der Waals surface area (Å²) < 4.78 is 0. The molecule has 0 radical (unpaired) electrons. The van der Waals surface area contributed by atoms with Gasteiger partial charge in [-0.1, -0.05) is 0 Å². The maximum absolute atomic E-state index is 13.1. The summed E-state index contributed by atoms with van der Waals surface area (Å²) in [4.78, 5) is 36.3. The van der Waals surface area contributed by atoms with Gasteiger partial charge in [0.05, 0.1) is 0 Å². The molecule has 3 heterocycles. The second-order valence-electron chi connectivity index (χ2n) is 8.01. The summed E-state index contributed by atoms with van der Waals surface area (Å²) >= 11 is 0. The largest absolute Gasteiger partial charge is 0.354 e. The summed E-state index contributed by atoms with van der Waals surface area (Å²) in [5.74, 6) is 3.41. The first-order valence-electron chi connectivity index (χ1n) is 10.4. The Hall–Kier alpha value is -2.82. The van der Waals surface area contributed by atoms with Crippen LogP contribution in [0.3, 0.4) is 0 Å². The Morgan fingerprint density at radius 2 is 2.07 bits per heavy atom. The number of hydrogen-bond acceptors (Lipinski definition) is 6. The molecule has 1 unspecified atom stereocenters. The van der Waals surface area contributed by atoms with E-state index in [-0.39, 0.29) is 11.8 Å². The van der Waals surface area contributed by atoms with E-state index in [1.54, 1.807) is 17.2 Å². The first kappa shape index (κ1) is 19.5. The second kappa shape index (κ2) is 8.27. The van der Waals surface area contributed by atoms with Crippen molar-refractivity contribution in [2.75, 3.05) is 13.1 Å². The Morgan fingerprint density at radius 1 is 1.24 bits per heavy atom. The zero-order chi connectivity index (χ0) is 20.3. The number of aromatic nitrogens is 2. The minimum atomic E-state index is -0.467. The van der Waals surface area contributed by atoms with Crippen molar-refractivity contribution < 1.29 is 9.59 Å². The topological polar surface area (TPSA) is 99.9 Å². The molecule has 0 bridgehead atoms. The van der Waals surface area contributed by atoms with Gasteiger partial charge in [0.15, 0.2) is 5.66 Å². The number of nitrogens with zero attached hydrogens (tertiary/aromatic N) is 5. The van der Waals surface area contributed by atoms with Crippen molar-refractivity contribution in [2.45, 2.75) is 69.0 Å². The number of carbonyl (C=O) groups is 2. The highest BCUT2D eigenvalue weighted by atomic mass is 16.2. The molecule has 8 nitrogen and oxygen atoms in total. The van der Waals surface area contributed by atoms with Crippen LogP contribution in [0.5, 0.6) is 0 Å². The summed E-state index contributed by atoms with van der Waals surface area (Å²) in [7, 11) is 0. The zero-order valence-electron chi connectivity index (χ0n) is 16.5. The van der Waals surface area contributed by atoms with Crippen molar-refractivity contribution in [1.82, 2.24) is 20.2 Å². The van der Waals surface area contributed by atoms with Crippen LogP contribution in [0.15, 0.2) is 22.5 Å². The molecule has 2 aliphatic heterocycles. The van der Waals surface area contributed by atoms with Crippen LogP contribution in [0.1, 0.15) is 73.6 Å². The predicted molar refractivity (Wildman–Crippen MR) is 106 cm³/mol. The van der Waals surface area contributed by atoms with E-state index in [0.29, 0.717) is 50.4 Å². The fraction of sp³-hybridized carbons (Fsp3) is 0.619. The monoisotopic (exact) mass is 394 g/mol. The predicted octanol–water partition coefficient (Wildman–Crippen LogP) is 2.43. The van der Waals surface area contributed by atoms with Crippen molar-refractivity contribution >= 4 is 11.8 Å². The molecule has 1 saturated heterocycles. The summed E-state index contributed by atoms with van der Waals surface area (Å²) in [6.45, 7) is 1.03. The third-order valence-corrected chi connectivity index (χ3v) is 5.78. The van der Waals surface area contributed by atoms with Crippen molar-refractivity contribution in [3.8, 4) is 12.3 Å².